The van der Waals surface area contributed by atoms with Gasteiger partial charge in [-0.1, -0.05) is 98.5 Å². The summed E-state index contributed by atoms with van der Waals surface area (Å²) >= 11 is 7.25. The zero-order chi connectivity index (χ0) is 72.8. The van der Waals surface area contributed by atoms with E-state index in [0.717, 1.165) is 73.5 Å². The van der Waals surface area contributed by atoms with Gasteiger partial charge in [0.15, 0.2) is 0 Å². The van der Waals surface area contributed by atoms with E-state index in [1.165, 1.54) is 54.2 Å². The van der Waals surface area contributed by atoms with Crippen LogP contribution in [-0.4, -0.2) is 36.9 Å². The molecule has 2 fully saturated rings. The molecule has 0 heterocycles. The predicted molar refractivity (Wildman–Crippen MR) is 329 cm³/mol. The van der Waals surface area contributed by atoms with Gasteiger partial charge in [-0.05, 0) is 159 Å². The minimum absolute atomic E-state index is 0.0432. The molecule has 0 bridgehead atoms. The Hall–Kier alpha value is -7.52. The maximum atomic E-state index is 15.3. The summed E-state index contributed by atoms with van der Waals surface area (Å²) < 4.78 is 285. The van der Waals surface area contributed by atoms with Crippen LogP contribution in [0.5, 0.6) is 11.5 Å². The van der Waals surface area contributed by atoms with Gasteiger partial charge in [-0.2, -0.15) is 74.3 Å². The molecular formula is C70H54Br2F20N2O4Zn. The van der Waals surface area contributed by atoms with Crippen LogP contribution in [0.15, 0.2) is 174 Å². The van der Waals surface area contributed by atoms with Crippen molar-refractivity contribution in [2.45, 2.75) is 119 Å². The van der Waals surface area contributed by atoms with E-state index < -0.39 is 135 Å². The van der Waals surface area contributed by atoms with E-state index in [0.29, 0.717) is 48.2 Å². The third kappa shape index (κ3) is 20.4. The first kappa shape index (κ1) is 78.8. The predicted octanol–water partition coefficient (Wildman–Crippen LogP) is 21.6. The van der Waals surface area contributed by atoms with Gasteiger partial charge in [0.2, 0.25) is 0 Å². The van der Waals surface area contributed by atoms with E-state index in [1.807, 2.05) is 0 Å². The normalized spacial score (nSPS) is 14.7. The van der Waals surface area contributed by atoms with E-state index >= 15 is 8.78 Å². The fraction of sp³-hybridized carbons (Fsp3) is 0.271. The van der Waals surface area contributed by atoms with Gasteiger partial charge >= 0.3 is 67.4 Å². The molecule has 2 N–H and O–H groups in total. The Labute approximate surface area is 579 Å². The molecule has 99 heavy (non-hydrogen) atoms. The Bertz CT molecular complexity index is 4040. The molecule has 0 saturated heterocycles. The van der Waals surface area contributed by atoms with Gasteiger partial charge in [0.25, 0.3) is 11.8 Å². The average Bonchev–Trinajstić information content (AvgIpc) is 1.04. The van der Waals surface area contributed by atoms with Crippen molar-refractivity contribution < 1.29 is 123 Å². The Morgan fingerprint density at radius 3 is 1.21 bits per heavy atom. The molecule has 2 aliphatic carbocycles. The van der Waals surface area contributed by atoms with E-state index in [4.69, 9.17) is 0 Å². The second-order valence-corrected chi connectivity index (χ2v) is 23.5. The molecular weight excluding hydrogens is 1540 g/mol. The quantitative estimate of drug-likeness (QED) is 0.0480. The molecule has 2 aliphatic rings. The van der Waals surface area contributed by atoms with Crippen LogP contribution in [0.2, 0.25) is 0 Å². The van der Waals surface area contributed by atoms with Gasteiger partial charge < -0.3 is 26.5 Å². The number of nitrogens with one attached hydrogen (secondary N) is 2. The molecule has 0 unspecified atom stereocenters. The first-order valence-electron chi connectivity index (χ1n) is 29.7. The number of alkyl halides is 14. The average molecular weight is 1590 g/mol. The van der Waals surface area contributed by atoms with Gasteiger partial charge in [-0.3, -0.25) is 9.59 Å². The monoisotopic (exact) mass is 1590 g/mol. The van der Waals surface area contributed by atoms with Crippen molar-refractivity contribution >= 4 is 41.4 Å². The Morgan fingerprint density at radius 2 is 0.848 bits per heavy atom. The van der Waals surface area contributed by atoms with Crippen LogP contribution < -0.4 is 20.1 Å². The van der Waals surface area contributed by atoms with Crippen molar-refractivity contribution in [1.82, 2.24) is 10.6 Å². The Kier molecular flexibility index (Phi) is 26.9. The number of amides is 2. The van der Waals surface area contributed by atoms with Crippen LogP contribution >= 0.6 is 29.6 Å². The number of rotatable bonds is 19. The molecule has 0 aliphatic heterocycles. The SMILES string of the molecule is O=C(N[C@@](Cc1ccccc1)(c1cc(F)cc(OC(F)(F)C(F)F)c1)c1ccc(F)c(Br)c1)c1ccc(F)c(C(F)(F)F)c1.O=C(N[C@@](Cc1ccccc1)(c1cc(F)cc(OC(F)(F)C(F)F)c1)c1ccc(F)c(C2CCCC2)c1)c1ccc(F)c(C(F)(F)F)c1.[CH-]1CCCC1.[Zn+][Br]. The van der Waals surface area contributed by atoms with E-state index in [1.54, 1.807) is 60.7 Å². The molecule has 2 amide bonds. The van der Waals surface area contributed by atoms with Gasteiger partial charge in [0.05, 0.1) is 26.7 Å². The number of benzene rings is 8. The summed E-state index contributed by atoms with van der Waals surface area (Å²) in [5.41, 5.74) is -8.72. The summed E-state index contributed by atoms with van der Waals surface area (Å²) in [6.07, 6.45) is -18.9. The summed E-state index contributed by atoms with van der Waals surface area (Å²) in [7, 11) is 0. The van der Waals surface area contributed by atoms with Crippen molar-refractivity contribution in [3.63, 3.8) is 0 Å². The van der Waals surface area contributed by atoms with Gasteiger partial charge in [0, 0.05) is 36.1 Å². The zero-order valence-corrected chi connectivity index (χ0v) is 57.3. The van der Waals surface area contributed by atoms with Crippen LogP contribution in [0.3, 0.4) is 0 Å². The van der Waals surface area contributed by atoms with Crippen molar-refractivity contribution in [3.05, 3.63) is 277 Å². The van der Waals surface area contributed by atoms with Gasteiger partial charge in [0.1, 0.15) is 46.4 Å². The van der Waals surface area contributed by atoms with E-state index in [9.17, 15) is 88.6 Å². The molecule has 29 heteroatoms. The molecule has 8 aromatic carbocycles. The fourth-order valence-electron chi connectivity index (χ4n) is 11.2. The summed E-state index contributed by atoms with van der Waals surface area (Å²) in [6, 6.07) is 29.6. The topological polar surface area (TPSA) is 76.7 Å². The molecule has 8 aromatic rings. The molecule has 0 spiro atoms. The fourth-order valence-corrected chi connectivity index (χ4v) is 11.6. The molecule has 2 saturated carbocycles. The molecule has 10 rings (SSSR count). The van der Waals surface area contributed by atoms with Crippen LogP contribution in [0, 0.1) is 41.3 Å². The van der Waals surface area contributed by atoms with Gasteiger partial charge in [-0.15, -0.1) is 0 Å². The molecule has 6 nitrogen and oxygen atoms in total. The first-order chi connectivity index (χ1) is 46.6. The van der Waals surface area contributed by atoms with Crippen molar-refractivity contribution in [3.8, 4) is 11.5 Å². The Morgan fingerprint density at radius 1 is 0.465 bits per heavy atom. The van der Waals surface area contributed by atoms with E-state index in [-0.39, 0.29) is 57.6 Å². The molecule has 0 radical (unpaired) electrons. The summed E-state index contributed by atoms with van der Waals surface area (Å²) in [6.45, 7) is 0. The third-order valence-electron chi connectivity index (χ3n) is 15.9. The maximum absolute atomic E-state index is 15.3. The molecule has 0 aromatic heterocycles. The number of ether oxygens (including phenoxy) is 2. The zero-order valence-electron chi connectivity index (χ0n) is 51.2. The number of hydrogen-bond donors (Lipinski definition) is 2. The summed E-state index contributed by atoms with van der Waals surface area (Å²) in [5, 5.41) is 5.08. The number of carbonyl (C=O) groups is 2. The number of halogens is 22. The van der Waals surface area contributed by atoms with Crippen molar-refractivity contribution in [1.29, 1.82) is 0 Å². The summed E-state index contributed by atoms with van der Waals surface area (Å²) in [5.74, 6) is -12.1. The van der Waals surface area contributed by atoms with Crippen LogP contribution in [-0.2, 0) is 52.6 Å². The van der Waals surface area contributed by atoms with Crippen LogP contribution in [0.25, 0.3) is 0 Å². The van der Waals surface area contributed by atoms with Crippen LogP contribution in [0.1, 0.15) is 128 Å². The second-order valence-electron chi connectivity index (χ2n) is 22.6. The van der Waals surface area contributed by atoms with Gasteiger partial charge in [-0.25, -0.2) is 26.3 Å². The first-order valence-corrected chi connectivity index (χ1v) is 37.5. The van der Waals surface area contributed by atoms with E-state index in [2.05, 4.69) is 56.1 Å². The Balaban J connectivity index is 0.000000254. The minimum atomic E-state index is -5.19. The number of hydrogen-bond acceptors (Lipinski definition) is 4. The third-order valence-corrected chi connectivity index (χ3v) is 16.5. The van der Waals surface area contributed by atoms with Crippen molar-refractivity contribution in [2.24, 2.45) is 0 Å². The second kappa shape index (κ2) is 33.8. The number of carbonyl (C=O) groups excluding carboxylic acids is 2. The van der Waals surface area contributed by atoms with Crippen molar-refractivity contribution in [2.75, 3.05) is 0 Å². The summed E-state index contributed by atoms with van der Waals surface area (Å²) in [4.78, 5) is 27.5. The molecule has 524 valence electrons. The van der Waals surface area contributed by atoms with Crippen LogP contribution in [0.4, 0.5) is 87.8 Å². The molecule has 2 atom stereocenters. The standard InChI is InChI=1S/C35H27F10NO2.C30H18BrF10NO2.C5H9.BrH.Zn/c36-25-15-24(16-26(18-25)48-35(44,45)32(39)40)33(19-20-6-2-1-3-7-20,23-11-13-29(37)27(17-23)21-8-4-5-9-21)46-31(47)22-10-12-30(38)28(14-22)34(41,42)43;31-23-13-18(7-9-25(23)34)28(15-16-4-2-1-3-5-16,19-11-20(32)14-21(12-19)44-30(40,41)27(35)36)42-26(43)17-6-8-24(33)22(10-17)29(37,38)39;1-2-4-5-3-1;;/h1-3,6-7,10-18,21,32H,4-5,8-9,19H2,(H,46,47);1-14,27H,15H2,(H,42,43);1H,2-5H2;1H;/q;;-1;;+2/p-1/t33-;28-;;;/m11.../s1.